The number of rotatable bonds is 2. The molecule has 0 aliphatic heterocycles. The van der Waals surface area contributed by atoms with E-state index >= 15 is 0 Å². The summed E-state index contributed by atoms with van der Waals surface area (Å²) in [6.07, 6.45) is 1.88. The molecule has 0 aliphatic rings. The SMILES string of the molecule is COC(=O)c1ccc(-n2cc(Br)nc2C)cc1. The zero-order chi connectivity index (χ0) is 12.4. The molecule has 2 aromatic rings. The molecular formula is C12H11BrN2O2. The predicted molar refractivity (Wildman–Crippen MR) is 67.3 cm³/mol. The molecule has 1 aromatic carbocycles. The first-order chi connectivity index (χ1) is 8.11. The second-order valence-electron chi connectivity index (χ2n) is 3.52. The van der Waals surface area contributed by atoms with Gasteiger partial charge >= 0.3 is 5.97 Å². The van der Waals surface area contributed by atoms with Crippen LogP contribution < -0.4 is 0 Å². The number of ether oxygens (including phenoxy) is 1. The van der Waals surface area contributed by atoms with Crippen molar-refractivity contribution in [3.8, 4) is 5.69 Å². The molecule has 2 rings (SSSR count). The van der Waals surface area contributed by atoms with Crippen LogP contribution in [0.2, 0.25) is 0 Å². The van der Waals surface area contributed by atoms with Crippen LogP contribution in [0.5, 0.6) is 0 Å². The molecule has 1 aromatic heterocycles. The number of imidazole rings is 1. The Morgan fingerprint density at radius 2 is 2.00 bits per heavy atom. The summed E-state index contributed by atoms with van der Waals surface area (Å²) in [5, 5.41) is 0. The Kier molecular flexibility index (Phi) is 3.28. The molecule has 4 nitrogen and oxygen atoms in total. The lowest BCUT2D eigenvalue weighted by atomic mass is 10.2. The highest BCUT2D eigenvalue weighted by molar-refractivity contribution is 9.10. The topological polar surface area (TPSA) is 44.1 Å². The van der Waals surface area contributed by atoms with Gasteiger partial charge in [-0.05, 0) is 47.1 Å². The number of carbonyl (C=O) groups excluding carboxylic acids is 1. The zero-order valence-electron chi connectivity index (χ0n) is 9.48. The molecule has 0 unspecified atom stereocenters. The molecule has 0 spiro atoms. The van der Waals surface area contributed by atoms with Crippen LogP contribution in [0.3, 0.4) is 0 Å². The maximum atomic E-state index is 11.3. The van der Waals surface area contributed by atoms with Gasteiger partial charge in [0.2, 0.25) is 0 Å². The van der Waals surface area contributed by atoms with E-state index in [2.05, 4.69) is 25.7 Å². The number of nitrogens with zero attached hydrogens (tertiary/aromatic N) is 2. The maximum absolute atomic E-state index is 11.3. The standard InChI is InChI=1S/C12H11BrN2O2/c1-8-14-11(13)7-15(8)10-5-3-9(4-6-10)12(16)17-2/h3-7H,1-2H3. The van der Waals surface area contributed by atoms with E-state index < -0.39 is 0 Å². The highest BCUT2D eigenvalue weighted by Crippen LogP contribution is 2.16. The van der Waals surface area contributed by atoms with Crippen LogP contribution in [0, 0.1) is 6.92 Å². The van der Waals surface area contributed by atoms with Crippen LogP contribution >= 0.6 is 15.9 Å². The van der Waals surface area contributed by atoms with E-state index in [0.29, 0.717) is 5.56 Å². The van der Waals surface area contributed by atoms with Crippen molar-refractivity contribution in [2.45, 2.75) is 6.92 Å². The molecule has 0 saturated heterocycles. The lowest BCUT2D eigenvalue weighted by Gasteiger charge is -2.05. The molecule has 0 bridgehead atoms. The van der Waals surface area contributed by atoms with Crippen molar-refractivity contribution in [2.24, 2.45) is 0 Å². The lowest BCUT2D eigenvalue weighted by molar-refractivity contribution is 0.0601. The number of esters is 1. The van der Waals surface area contributed by atoms with E-state index in [1.54, 1.807) is 12.1 Å². The molecule has 88 valence electrons. The Morgan fingerprint density at radius 3 is 2.47 bits per heavy atom. The minimum Gasteiger partial charge on any atom is -0.465 e. The van der Waals surface area contributed by atoms with Gasteiger partial charge in [0.1, 0.15) is 10.4 Å². The zero-order valence-corrected chi connectivity index (χ0v) is 11.1. The van der Waals surface area contributed by atoms with Gasteiger partial charge < -0.3 is 9.30 Å². The molecular weight excluding hydrogens is 284 g/mol. The van der Waals surface area contributed by atoms with Crippen LogP contribution in [0.25, 0.3) is 5.69 Å². The van der Waals surface area contributed by atoms with Crippen molar-refractivity contribution in [1.82, 2.24) is 9.55 Å². The van der Waals surface area contributed by atoms with Crippen LogP contribution in [0.4, 0.5) is 0 Å². The van der Waals surface area contributed by atoms with Gasteiger partial charge in [0.15, 0.2) is 0 Å². The summed E-state index contributed by atoms with van der Waals surface area (Å²) in [6, 6.07) is 7.17. The molecule has 0 fully saturated rings. The normalized spacial score (nSPS) is 10.3. The molecule has 0 amide bonds. The van der Waals surface area contributed by atoms with Crippen molar-refractivity contribution >= 4 is 21.9 Å². The van der Waals surface area contributed by atoms with Crippen molar-refractivity contribution in [3.63, 3.8) is 0 Å². The van der Waals surface area contributed by atoms with Gasteiger partial charge in [0.25, 0.3) is 0 Å². The fourth-order valence-electron chi connectivity index (χ4n) is 1.57. The Hall–Kier alpha value is -1.62. The fraction of sp³-hybridized carbons (Fsp3) is 0.167. The average molecular weight is 295 g/mol. The third kappa shape index (κ3) is 2.39. The lowest BCUT2D eigenvalue weighted by Crippen LogP contribution is -2.02. The monoisotopic (exact) mass is 294 g/mol. The highest BCUT2D eigenvalue weighted by Gasteiger charge is 2.07. The molecule has 0 radical (unpaired) electrons. The Bertz CT molecular complexity index is 546. The second-order valence-corrected chi connectivity index (χ2v) is 4.33. The summed E-state index contributed by atoms with van der Waals surface area (Å²) in [5.41, 5.74) is 1.49. The van der Waals surface area contributed by atoms with Crippen molar-refractivity contribution < 1.29 is 9.53 Å². The van der Waals surface area contributed by atoms with Crippen LogP contribution in [-0.2, 0) is 4.74 Å². The Labute approximate surface area is 107 Å². The first kappa shape index (κ1) is 11.9. The fourth-order valence-corrected chi connectivity index (χ4v) is 2.04. The van der Waals surface area contributed by atoms with Gasteiger partial charge in [-0.3, -0.25) is 0 Å². The van der Waals surface area contributed by atoms with Crippen molar-refractivity contribution in [2.75, 3.05) is 7.11 Å². The number of aromatic nitrogens is 2. The van der Waals surface area contributed by atoms with E-state index in [1.165, 1.54) is 7.11 Å². The number of hydrogen-bond acceptors (Lipinski definition) is 3. The number of halogens is 1. The summed E-state index contributed by atoms with van der Waals surface area (Å²) in [7, 11) is 1.37. The molecule has 1 heterocycles. The van der Waals surface area contributed by atoms with Gasteiger partial charge in [-0.2, -0.15) is 0 Å². The number of carbonyl (C=O) groups is 1. The van der Waals surface area contributed by atoms with E-state index in [9.17, 15) is 4.79 Å². The number of benzene rings is 1. The summed E-state index contributed by atoms with van der Waals surface area (Å²) >= 11 is 3.32. The van der Waals surface area contributed by atoms with Crippen LogP contribution in [0.1, 0.15) is 16.2 Å². The van der Waals surface area contributed by atoms with Gasteiger partial charge in [-0.1, -0.05) is 0 Å². The van der Waals surface area contributed by atoms with Gasteiger partial charge in [-0.25, -0.2) is 9.78 Å². The molecule has 0 atom stereocenters. The van der Waals surface area contributed by atoms with E-state index in [0.717, 1.165) is 16.1 Å². The number of methoxy groups -OCH3 is 1. The number of aryl methyl sites for hydroxylation is 1. The van der Waals surface area contributed by atoms with E-state index in [1.807, 2.05) is 29.8 Å². The first-order valence-corrected chi connectivity index (χ1v) is 5.81. The van der Waals surface area contributed by atoms with Crippen LogP contribution in [0.15, 0.2) is 35.1 Å². The Morgan fingerprint density at radius 1 is 1.35 bits per heavy atom. The van der Waals surface area contributed by atoms with Crippen LogP contribution in [-0.4, -0.2) is 22.6 Å². The summed E-state index contributed by atoms with van der Waals surface area (Å²) in [6.45, 7) is 1.92. The van der Waals surface area contributed by atoms with Gasteiger partial charge in [0.05, 0.1) is 12.7 Å². The Balaban J connectivity index is 2.35. The average Bonchev–Trinajstić information content (AvgIpc) is 2.68. The predicted octanol–water partition coefficient (Wildman–Crippen LogP) is 2.73. The quantitative estimate of drug-likeness (QED) is 0.800. The van der Waals surface area contributed by atoms with E-state index in [4.69, 9.17) is 0 Å². The van der Waals surface area contributed by atoms with Crippen molar-refractivity contribution in [1.29, 1.82) is 0 Å². The molecule has 5 heteroatoms. The second kappa shape index (κ2) is 4.71. The smallest absolute Gasteiger partial charge is 0.337 e. The van der Waals surface area contributed by atoms with E-state index in [-0.39, 0.29) is 5.97 Å². The molecule has 0 aliphatic carbocycles. The third-order valence-electron chi connectivity index (χ3n) is 2.42. The van der Waals surface area contributed by atoms with Crippen molar-refractivity contribution in [3.05, 3.63) is 46.5 Å². The first-order valence-electron chi connectivity index (χ1n) is 5.02. The van der Waals surface area contributed by atoms with Gasteiger partial charge in [-0.15, -0.1) is 0 Å². The highest BCUT2D eigenvalue weighted by atomic mass is 79.9. The number of hydrogen-bond donors (Lipinski definition) is 0. The third-order valence-corrected chi connectivity index (χ3v) is 2.80. The molecule has 0 N–H and O–H groups in total. The summed E-state index contributed by atoms with van der Waals surface area (Å²) in [5.74, 6) is 0.544. The molecule has 17 heavy (non-hydrogen) atoms. The van der Waals surface area contributed by atoms with Gasteiger partial charge in [0, 0.05) is 11.9 Å². The summed E-state index contributed by atoms with van der Waals surface area (Å²) < 4.78 is 7.36. The maximum Gasteiger partial charge on any atom is 0.337 e. The minimum absolute atomic E-state index is 0.333. The molecule has 0 saturated carbocycles. The summed E-state index contributed by atoms with van der Waals surface area (Å²) in [4.78, 5) is 15.5. The minimum atomic E-state index is -0.333. The largest absolute Gasteiger partial charge is 0.465 e.